The van der Waals surface area contributed by atoms with Crippen LogP contribution in [0.4, 0.5) is 5.69 Å². The van der Waals surface area contributed by atoms with Crippen molar-refractivity contribution in [1.29, 1.82) is 0 Å². The Morgan fingerprint density at radius 2 is 1.89 bits per heavy atom. The number of nitrogens with one attached hydrogen (secondary N) is 1. The van der Waals surface area contributed by atoms with E-state index in [2.05, 4.69) is 52.4 Å². The van der Waals surface area contributed by atoms with Gasteiger partial charge in [-0.1, -0.05) is 52.3 Å². The monoisotopic (exact) mass is 319 g/mol. The van der Waals surface area contributed by atoms with E-state index in [0.29, 0.717) is 6.61 Å². The molecule has 0 fully saturated rings. The molecule has 0 aromatic heterocycles. The summed E-state index contributed by atoms with van der Waals surface area (Å²) >= 11 is 3.51. The van der Waals surface area contributed by atoms with E-state index in [1.165, 1.54) is 11.1 Å². The minimum atomic E-state index is 0.152. The standard InChI is InChI=1S/C16H18BrNO/c1-12-8-9-14(17)10-15(12)18-16(11-19-2)13-6-4-3-5-7-13/h3-10,16,18H,11H2,1-2H3. The topological polar surface area (TPSA) is 21.3 Å². The molecule has 0 heterocycles. The predicted molar refractivity (Wildman–Crippen MR) is 83.6 cm³/mol. The molecule has 0 radical (unpaired) electrons. The zero-order valence-corrected chi connectivity index (χ0v) is 12.8. The van der Waals surface area contributed by atoms with E-state index in [1.54, 1.807) is 7.11 Å². The molecule has 100 valence electrons. The highest BCUT2D eigenvalue weighted by atomic mass is 79.9. The SMILES string of the molecule is COCC(Nc1cc(Br)ccc1C)c1ccccc1. The summed E-state index contributed by atoms with van der Waals surface area (Å²) < 4.78 is 6.40. The number of hydrogen-bond acceptors (Lipinski definition) is 2. The molecule has 0 saturated heterocycles. The first kappa shape index (κ1) is 14.1. The normalized spacial score (nSPS) is 12.2. The fourth-order valence-corrected chi connectivity index (χ4v) is 2.37. The van der Waals surface area contributed by atoms with Gasteiger partial charge in [0.2, 0.25) is 0 Å². The summed E-state index contributed by atoms with van der Waals surface area (Å²) in [7, 11) is 1.73. The highest BCUT2D eigenvalue weighted by Crippen LogP contribution is 2.25. The van der Waals surface area contributed by atoms with E-state index < -0.39 is 0 Å². The van der Waals surface area contributed by atoms with Crippen molar-refractivity contribution in [2.75, 3.05) is 19.0 Å². The first-order valence-corrected chi connectivity index (χ1v) is 7.06. The Balaban J connectivity index is 2.24. The van der Waals surface area contributed by atoms with Crippen LogP contribution in [0.1, 0.15) is 17.2 Å². The molecular weight excluding hydrogens is 302 g/mol. The fraction of sp³-hybridized carbons (Fsp3) is 0.250. The Morgan fingerprint density at radius 3 is 2.58 bits per heavy atom. The van der Waals surface area contributed by atoms with Gasteiger partial charge in [0.15, 0.2) is 0 Å². The molecule has 1 unspecified atom stereocenters. The minimum absolute atomic E-state index is 0.152. The quantitative estimate of drug-likeness (QED) is 0.872. The second kappa shape index (κ2) is 6.73. The molecule has 19 heavy (non-hydrogen) atoms. The molecule has 0 aliphatic rings. The molecule has 0 saturated carbocycles. The Morgan fingerprint density at radius 1 is 1.16 bits per heavy atom. The van der Waals surface area contributed by atoms with E-state index in [4.69, 9.17) is 4.74 Å². The van der Waals surface area contributed by atoms with Gasteiger partial charge >= 0.3 is 0 Å². The molecule has 0 spiro atoms. The first-order valence-electron chi connectivity index (χ1n) is 6.27. The molecule has 2 nitrogen and oxygen atoms in total. The lowest BCUT2D eigenvalue weighted by molar-refractivity contribution is 0.186. The van der Waals surface area contributed by atoms with Crippen LogP contribution in [-0.4, -0.2) is 13.7 Å². The van der Waals surface area contributed by atoms with Gasteiger partial charge in [-0.25, -0.2) is 0 Å². The summed E-state index contributed by atoms with van der Waals surface area (Å²) in [4.78, 5) is 0. The molecule has 3 heteroatoms. The molecule has 2 aromatic carbocycles. The van der Waals surface area contributed by atoms with Gasteiger partial charge in [0.25, 0.3) is 0 Å². The van der Waals surface area contributed by atoms with Crippen LogP contribution < -0.4 is 5.32 Å². The number of methoxy groups -OCH3 is 1. The maximum Gasteiger partial charge on any atom is 0.0747 e. The average molecular weight is 320 g/mol. The Bertz CT molecular complexity index is 528. The molecule has 0 aliphatic carbocycles. The third-order valence-electron chi connectivity index (χ3n) is 3.06. The van der Waals surface area contributed by atoms with Gasteiger partial charge in [-0.05, 0) is 30.2 Å². The first-order chi connectivity index (χ1) is 9.20. The molecule has 0 amide bonds. The Labute approximate surface area is 122 Å². The van der Waals surface area contributed by atoms with Crippen molar-refractivity contribution in [3.05, 3.63) is 64.1 Å². The van der Waals surface area contributed by atoms with Crippen LogP contribution in [0, 0.1) is 6.92 Å². The summed E-state index contributed by atoms with van der Waals surface area (Å²) in [6.07, 6.45) is 0. The summed E-state index contributed by atoms with van der Waals surface area (Å²) in [6, 6.07) is 16.8. The molecule has 2 aromatic rings. The van der Waals surface area contributed by atoms with Crippen LogP contribution in [0.15, 0.2) is 53.0 Å². The van der Waals surface area contributed by atoms with Crippen LogP contribution in [0.5, 0.6) is 0 Å². The van der Waals surface area contributed by atoms with Gasteiger partial charge in [-0.2, -0.15) is 0 Å². The number of aryl methyl sites for hydroxylation is 1. The molecule has 1 N–H and O–H groups in total. The van der Waals surface area contributed by atoms with Gasteiger partial charge in [-0.3, -0.25) is 0 Å². The highest BCUT2D eigenvalue weighted by Gasteiger charge is 2.12. The van der Waals surface area contributed by atoms with Crippen molar-refractivity contribution >= 4 is 21.6 Å². The highest BCUT2D eigenvalue weighted by molar-refractivity contribution is 9.10. The third kappa shape index (κ3) is 3.82. The third-order valence-corrected chi connectivity index (χ3v) is 3.56. The van der Waals surface area contributed by atoms with E-state index in [9.17, 15) is 0 Å². The van der Waals surface area contributed by atoms with Crippen LogP contribution >= 0.6 is 15.9 Å². The number of ether oxygens (including phenoxy) is 1. The fourth-order valence-electron chi connectivity index (χ4n) is 2.01. The molecule has 2 rings (SSSR count). The van der Waals surface area contributed by atoms with Gasteiger partial charge < -0.3 is 10.1 Å². The van der Waals surface area contributed by atoms with E-state index in [1.807, 2.05) is 24.3 Å². The lowest BCUT2D eigenvalue weighted by Crippen LogP contribution is -2.16. The van der Waals surface area contributed by atoms with Crippen LogP contribution in [0.3, 0.4) is 0 Å². The smallest absolute Gasteiger partial charge is 0.0747 e. The molecule has 0 aliphatic heterocycles. The van der Waals surface area contributed by atoms with E-state index in [0.717, 1.165) is 10.2 Å². The molecular formula is C16H18BrNO. The van der Waals surface area contributed by atoms with E-state index >= 15 is 0 Å². The lowest BCUT2D eigenvalue weighted by Gasteiger charge is -2.21. The summed E-state index contributed by atoms with van der Waals surface area (Å²) in [6.45, 7) is 2.74. The zero-order valence-electron chi connectivity index (χ0n) is 11.2. The summed E-state index contributed by atoms with van der Waals surface area (Å²) in [5.74, 6) is 0. The van der Waals surface area contributed by atoms with E-state index in [-0.39, 0.29) is 6.04 Å². The molecule has 0 bridgehead atoms. The van der Waals surface area contributed by atoms with Crippen LogP contribution in [0.2, 0.25) is 0 Å². The lowest BCUT2D eigenvalue weighted by atomic mass is 10.1. The summed E-state index contributed by atoms with van der Waals surface area (Å²) in [5, 5.41) is 3.55. The van der Waals surface area contributed by atoms with Crippen LogP contribution in [0.25, 0.3) is 0 Å². The maximum atomic E-state index is 5.33. The number of anilines is 1. The van der Waals surface area contributed by atoms with Gasteiger partial charge in [0, 0.05) is 17.3 Å². The van der Waals surface area contributed by atoms with Gasteiger partial charge in [-0.15, -0.1) is 0 Å². The van der Waals surface area contributed by atoms with Crippen molar-refractivity contribution in [3.8, 4) is 0 Å². The van der Waals surface area contributed by atoms with Crippen molar-refractivity contribution in [1.82, 2.24) is 0 Å². The van der Waals surface area contributed by atoms with Crippen molar-refractivity contribution in [2.24, 2.45) is 0 Å². The maximum absolute atomic E-state index is 5.33. The largest absolute Gasteiger partial charge is 0.382 e. The Hall–Kier alpha value is -1.32. The van der Waals surface area contributed by atoms with Crippen molar-refractivity contribution in [3.63, 3.8) is 0 Å². The number of halogens is 1. The number of hydrogen-bond donors (Lipinski definition) is 1. The summed E-state index contributed by atoms with van der Waals surface area (Å²) in [5.41, 5.74) is 3.57. The second-order valence-corrected chi connectivity index (χ2v) is 5.44. The Kier molecular flexibility index (Phi) is 5.00. The average Bonchev–Trinajstić information content (AvgIpc) is 2.43. The second-order valence-electron chi connectivity index (χ2n) is 4.52. The minimum Gasteiger partial charge on any atom is -0.382 e. The van der Waals surface area contributed by atoms with Crippen LogP contribution in [-0.2, 0) is 4.74 Å². The van der Waals surface area contributed by atoms with Crippen molar-refractivity contribution in [2.45, 2.75) is 13.0 Å². The number of benzene rings is 2. The molecule has 1 atom stereocenters. The zero-order chi connectivity index (χ0) is 13.7. The van der Waals surface area contributed by atoms with Gasteiger partial charge in [0.05, 0.1) is 12.6 Å². The predicted octanol–water partition coefficient (Wildman–Crippen LogP) is 4.56. The van der Waals surface area contributed by atoms with Gasteiger partial charge in [0.1, 0.15) is 0 Å². The van der Waals surface area contributed by atoms with Crippen molar-refractivity contribution < 1.29 is 4.74 Å². The number of rotatable bonds is 5.